The zero-order valence-electron chi connectivity index (χ0n) is 16.1. The molecular formula is C21H27N2O4+. The van der Waals surface area contributed by atoms with Crippen molar-refractivity contribution >= 4 is 11.6 Å². The van der Waals surface area contributed by atoms with Crippen LogP contribution < -0.4 is 24.4 Å². The first kappa shape index (κ1) is 19.0. The fourth-order valence-corrected chi connectivity index (χ4v) is 3.16. The van der Waals surface area contributed by atoms with Crippen molar-refractivity contribution in [1.82, 2.24) is 0 Å². The van der Waals surface area contributed by atoms with Crippen molar-refractivity contribution in [3.8, 4) is 17.2 Å². The van der Waals surface area contributed by atoms with Gasteiger partial charge in [0.2, 0.25) is 0 Å². The SMILES string of the molecule is COc1ccc(C[NH+](CC(=O)Nc2cc(OC)ccc2OC)C2CC2)cc1. The summed E-state index contributed by atoms with van der Waals surface area (Å²) in [5, 5.41) is 2.97. The van der Waals surface area contributed by atoms with Gasteiger partial charge in [-0.2, -0.15) is 0 Å². The highest BCUT2D eigenvalue weighted by Crippen LogP contribution is 2.28. The second-order valence-electron chi connectivity index (χ2n) is 6.75. The average Bonchev–Trinajstić information content (AvgIpc) is 3.53. The van der Waals surface area contributed by atoms with Gasteiger partial charge in [0.15, 0.2) is 6.54 Å². The molecule has 27 heavy (non-hydrogen) atoms. The lowest BCUT2D eigenvalue weighted by Crippen LogP contribution is -3.13. The van der Waals surface area contributed by atoms with Crippen molar-refractivity contribution in [3.63, 3.8) is 0 Å². The van der Waals surface area contributed by atoms with Gasteiger partial charge in [0.05, 0.1) is 33.1 Å². The van der Waals surface area contributed by atoms with Crippen LogP contribution in [-0.4, -0.2) is 39.8 Å². The van der Waals surface area contributed by atoms with Gasteiger partial charge in [0.1, 0.15) is 23.8 Å². The molecule has 1 atom stereocenters. The van der Waals surface area contributed by atoms with E-state index in [1.807, 2.05) is 12.1 Å². The predicted molar refractivity (Wildman–Crippen MR) is 104 cm³/mol. The second-order valence-corrected chi connectivity index (χ2v) is 6.75. The summed E-state index contributed by atoms with van der Waals surface area (Å²) in [6.45, 7) is 1.23. The number of anilines is 1. The summed E-state index contributed by atoms with van der Waals surface area (Å²) in [6, 6.07) is 14.0. The third-order valence-corrected chi connectivity index (χ3v) is 4.81. The number of amides is 1. The standard InChI is InChI=1S/C21H26N2O4/c1-25-17-8-4-15(5-9-17)13-23(16-6-7-16)14-21(24)22-19-12-18(26-2)10-11-20(19)27-3/h4-5,8-12,16H,6-7,13-14H2,1-3H3,(H,22,24)/p+1. The van der Waals surface area contributed by atoms with Gasteiger partial charge in [-0.05, 0) is 36.4 Å². The Labute approximate surface area is 160 Å². The normalized spacial score (nSPS) is 14.3. The molecule has 1 saturated carbocycles. The monoisotopic (exact) mass is 371 g/mol. The quantitative estimate of drug-likeness (QED) is 0.707. The van der Waals surface area contributed by atoms with Crippen LogP contribution in [0.4, 0.5) is 5.69 Å². The number of quaternary nitrogens is 1. The van der Waals surface area contributed by atoms with Crippen molar-refractivity contribution < 1.29 is 23.9 Å². The summed E-state index contributed by atoms with van der Waals surface area (Å²) in [7, 11) is 4.85. The number of rotatable bonds is 9. The number of ether oxygens (including phenoxy) is 3. The zero-order valence-corrected chi connectivity index (χ0v) is 16.1. The highest BCUT2D eigenvalue weighted by molar-refractivity contribution is 5.93. The van der Waals surface area contributed by atoms with E-state index in [-0.39, 0.29) is 5.91 Å². The van der Waals surface area contributed by atoms with Crippen molar-refractivity contribution in [2.75, 3.05) is 33.2 Å². The summed E-state index contributed by atoms with van der Waals surface area (Å²) in [4.78, 5) is 13.9. The van der Waals surface area contributed by atoms with E-state index in [0.29, 0.717) is 29.8 Å². The van der Waals surface area contributed by atoms with Gasteiger partial charge in [-0.15, -0.1) is 0 Å². The van der Waals surface area contributed by atoms with Gasteiger partial charge in [0, 0.05) is 24.5 Å². The fourth-order valence-electron chi connectivity index (χ4n) is 3.16. The van der Waals surface area contributed by atoms with E-state index in [4.69, 9.17) is 14.2 Å². The molecule has 144 valence electrons. The number of hydrogen-bond acceptors (Lipinski definition) is 4. The number of methoxy groups -OCH3 is 3. The Morgan fingerprint density at radius 2 is 1.67 bits per heavy atom. The Kier molecular flexibility index (Phi) is 6.19. The Hall–Kier alpha value is -2.73. The molecule has 0 heterocycles. The maximum absolute atomic E-state index is 12.7. The van der Waals surface area contributed by atoms with Crippen LogP contribution in [0.3, 0.4) is 0 Å². The molecule has 0 aliphatic heterocycles. The highest BCUT2D eigenvalue weighted by atomic mass is 16.5. The van der Waals surface area contributed by atoms with Crippen molar-refractivity contribution in [2.24, 2.45) is 0 Å². The molecule has 2 N–H and O–H groups in total. The Bertz CT molecular complexity index is 772. The first-order valence-corrected chi connectivity index (χ1v) is 9.12. The van der Waals surface area contributed by atoms with Gasteiger partial charge >= 0.3 is 0 Å². The van der Waals surface area contributed by atoms with E-state index in [9.17, 15) is 4.79 Å². The molecule has 1 aliphatic carbocycles. The van der Waals surface area contributed by atoms with E-state index in [2.05, 4.69) is 17.4 Å². The molecule has 6 nitrogen and oxygen atoms in total. The molecule has 0 saturated heterocycles. The van der Waals surface area contributed by atoms with Crippen molar-refractivity contribution in [3.05, 3.63) is 48.0 Å². The molecule has 0 bridgehead atoms. The van der Waals surface area contributed by atoms with Gasteiger partial charge in [-0.1, -0.05) is 0 Å². The average molecular weight is 371 g/mol. The number of carbonyl (C=O) groups excluding carboxylic acids is 1. The van der Waals surface area contributed by atoms with Crippen molar-refractivity contribution in [2.45, 2.75) is 25.4 Å². The molecule has 0 spiro atoms. The lowest BCUT2D eigenvalue weighted by Gasteiger charge is -2.19. The van der Waals surface area contributed by atoms with E-state index >= 15 is 0 Å². The maximum Gasteiger partial charge on any atom is 0.279 e. The molecule has 2 aromatic carbocycles. The summed E-state index contributed by atoms with van der Waals surface area (Å²) < 4.78 is 15.8. The van der Waals surface area contributed by atoms with Crippen LogP contribution in [0, 0.1) is 0 Å². The minimum atomic E-state index is -0.0306. The molecule has 2 aromatic rings. The molecule has 3 rings (SSSR count). The van der Waals surface area contributed by atoms with Gasteiger partial charge in [-0.3, -0.25) is 4.79 Å². The third-order valence-electron chi connectivity index (χ3n) is 4.81. The molecule has 1 fully saturated rings. The number of nitrogens with one attached hydrogen (secondary N) is 2. The van der Waals surface area contributed by atoms with E-state index in [1.165, 1.54) is 23.3 Å². The smallest absolute Gasteiger partial charge is 0.279 e. The molecule has 0 radical (unpaired) electrons. The Balaban J connectivity index is 1.65. The molecule has 0 aromatic heterocycles. The number of benzene rings is 2. The highest BCUT2D eigenvalue weighted by Gasteiger charge is 2.34. The maximum atomic E-state index is 12.7. The van der Waals surface area contributed by atoms with Crippen LogP contribution in [0.5, 0.6) is 17.2 Å². The minimum Gasteiger partial charge on any atom is -0.497 e. The predicted octanol–water partition coefficient (Wildman–Crippen LogP) is 1.90. The number of hydrogen-bond donors (Lipinski definition) is 2. The molecular weight excluding hydrogens is 344 g/mol. The van der Waals surface area contributed by atoms with E-state index < -0.39 is 0 Å². The summed E-state index contributed by atoms with van der Waals surface area (Å²) >= 11 is 0. The molecule has 1 unspecified atom stereocenters. The largest absolute Gasteiger partial charge is 0.497 e. The van der Waals surface area contributed by atoms with E-state index in [0.717, 1.165) is 12.3 Å². The lowest BCUT2D eigenvalue weighted by atomic mass is 10.2. The van der Waals surface area contributed by atoms with Gasteiger partial charge in [-0.25, -0.2) is 0 Å². The van der Waals surface area contributed by atoms with Crippen LogP contribution in [-0.2, 0) is 11.3 Å². The van der Waals surface area contributed by atoms with Crippen LogP contribution in [0.1, 0.15) is 18.4 Å². The first-order chi connectivity index (χ1) is 13.1. The molecule has 6 heteroatoms. The third kappa shape index (κ3) is 5.14. The van der Waals surface area contributed by atoms with E-state index in [1.54, 1.807) is 39.5 Å². The van der Waals surface area contributed by atoms with Crippen LogP contribution >= 0.6 is 0 Å². The summed E-state index contributed by atoms with van der Waals surface area (Å²) in [6.07, 6.45) is 2.34. The second kappa shape index (κ2) is 8.77. The van der Waals surface area contributed by atoms with Crippen LogP contribution in [0.15, 0.2) is 42.5 Å². The summed E-state index contributed by atoms with van der Waals surface area (Å²) in [5.74, 6) is 2.11. The van der Waals surface area contributed by atoms with Crippen molar-refractivity contribution in [1.29, 1.82) is 0 Å². The topological polar surface area (TPSA) is 61.2 Å². The zero-order chi connectivity index (χ0) is 19.2. The minimum absolute atomic E-state index is 0.0306. The fraction of sp³-hybridized carbons (Fsp3) is 0.381. The number of carbonyl (C=O) groups is 1. The molecule has 1 amide bonds. The first-order valence-electron chi connectivity index (χ1n) is 9.12. The van der Waals surface area contributed by atoms with Crippen LogP contribution in [0.2, 0.25) is 0 Å². The Morgan fingerprint density at radius 3 is 2.26 bits per heavy atom. The van der Waals surface area contributed by atoms with Gasteiger partial charge < -0.3 is 24.4 Å². The lowest BCUT2D eigenvalue weighted by molar-refractivity contribution is -0.916. The summed E-state index contributed by atoms with van der Waals surface area (Å²) in [5.41, 5.74) is 1.82. The van der Waals surface area contributed by atoms with Gasteiger partial charge in [0.25, 0.3) is 5.91 Å². The Morgan fingerprint density at radius 1 is 1.00 bits per heavy atom. The molecule has 1 aliphatic rings. The van der Waals surface area contributed by atoms with Crippen LogP contribution in [0.25, 0.3) is 0 Å².